The summed E-state index contributed by atoms with van der Waals surface area (Å²) in [5.74, 6) is -0.0796. The van der Waals surface area contributed by atoms with E-state index in [2.05, 4.69) is 9.97 Å². The number of aliphatic carboxylic acids is 1. The van der Waals surface area contributed by atoms with Crippen LogP contribution in [0.4, 0.5) is 0 Å². The lowest BCUT2D eigenvalue weighted by molar-refractivity contribution is -0.137. The molecule has 90 valence electrons. The lowest BCUT2D eigenvalue weighted by atomic mass is 10.2. The van der Waals surface area contributed by atoms with Gasteiger partial charge in [0.05, 0.1) is 12.1 Å². The highest BCUT2D eigenvalue weighted by Crippen LogP contribution is 2.21. The Morgan fingerprint density at radius 1 is 1.59 bits per heavy atom. The van der Waals surface area contributed by atoms with Crippen LogP contribution in [0.2, 0.25) is 0 Å². The zero-order chi connectivity index (χ0) is 12.4. The summed E-state index contributed by atoms with van der Waals surface area (Å²) in [6, 6.07) is 1.99. The molecule has 0 unspecified atom stereocenters. The SMILES string of the molecule is Cc1[nH]c(CCC(=O)O)nc1-c1ccn(C)c1. The van der Waals surface area contributed by atoms with Gasteiger partial charge in [0, 0.05) is 37.1 Å². The van der Waals surface area contributed by atoms with Crippen molar-refractivity contribution in [1.82, 2.24) is 14.5 Å². The summed E-state index contributed by atoms with van der Waals surface area (Å²) in [5, 5.41) is 8.63. The van der Waals surface area contributed by atoms with Crippen molar-refractivity contribution in [2.45, 2.75) is 19.8 Å². The van der Waals surface area contributed by atoms with Gasteiger partial charge in [-0.1, -0.05) is 0 Å². The van der Waals surface area contributed by atoms with E-state index in [1.54, 1.807) is 0 Å². The summed E-state index contributed by atoms with van der Waals surface area (Å²) in [6.07, 6.45) is 4.48. The fraction of sp³-hybridized carbons (Fsp3) is 0.333. The second-order valence-corrected chi connectivity index (χ2v) is 4.12. The van der Waals surface area contributed by atoms with Crippen molar-refractivity contribution in [1.29, 1.82) is 0 Å². The molecule has 2 aromatic rings. The third-order valence-electron chi connectivity index (χ3n) is 2.61. The predicted molar refractivity (Wildman–Crippen MR) is 63.7 cm³/mol. The van der Waals surface area contributed by atoms with Crippen LogP contribution >= 0.6 is 0 Å². The number of aromatic nitrogens is 3. The van der Waals surface area contributed by atoms with E-state index in [1.807, 2.05) is 37.0 Å². The molecule has 0 atom stereocenters. The molecule has 0 aliphatic rings. The van der Waals surface area contributed by atoms with Crippen LogP contribution in [0.1, 0.15) is 17.9 Å². The Morgan fingerprint density at radius 2 is 2.35 bits per heavy atom. The Morgan fingerprint density at radius 3 is 2.94 bits per heavy atom. The molecule has 0 amide bonds. The number of hydrogen-bond donors (Lipinski definition) is 2. The summed E-state index contributed by atoms with van der Waals surface area (Å²) < 4.78 is 1.96. The van der Waals surface area contributed by atoms with Gasteiger partial charge in [0.25, 0.3) is 0 Å². The number of aromatic amines is 1. The van der Waals surface area contributed by atoms with E-state index in [4.69, 9.17) is 5.11 Å². The van der Waals surface area contributed by atoms with Crippen molar-refractivity contribution in [3.63, 3.8) is 0 Å². The molecule has 2 rings (SSSR count). The van der Waals surface area contributed by atoms with Crippen LogP contribution in [-0.2, 0) is 18.3 Å². The van der Waals surface area contributed by atoms with E-state index in [0.29, 0.717) is 6.42 Å². The molecule has 2 aromatic heterocycles. The van der Waals surface area contributed by atoms with Crippen molar-refractivity contribution in [2.75, 3.05) is 0 Å². The average molecular weight is 233 g/mol. The van der Waals surface area contributed by atoms with Crippen molar-refractivity contribution < 1.29 is 9.90 Å². The lowest BCUT2D eigenvalue weighted by Crippen LogP contribution is -1.98. The number of carbonyl (C=O) groups is 1. The molecule has 0 spiro atoms. The maximum absolute atomic E-state index is 10.5. The van der Waals surface area contributed by atoms with Gasteiger partial charge in [0.2, 0.25) is 0 Å². The quantitative estimate of drug-likeness (QED) is 0.845. The van der Waals surface area contributed by atoms with Crippen LogP contribution in [0.15, 0.2) is 18.5 Å². The number of carboxylic acids is 1. The number of nitrogens with one attached hydrogen (secondary N) is 1. The van der Waals surface area contributed by atoms with Crippen LogP contribution in [-0.4, -0.2) is 25.6 Å². The Bertz CT molecular complexity index is 540. The fourth-order valence-electron chi connectivity index (χ4n) is 1.79. The summed E-state index contributed by atoms with van der Waals surface area (Å²) in [7, 11) is 1.96. The molecule has 17 heavy (non-hydrogen) atoms. The molecule has 0 saturated carbocycles. The number of carboxylic acid groups (broad SMARTS) is 1. The van der Waals surface area contributed by atoms with Crippen molar-refractivity contribution in [2.24, 2.45) is 7.05 Å². The van der Waals surface area contributed by atoms with Crippen molar-refractivity contribution in [3.8, 4) is 11.3 Å². The van der Waals surface area contributed by atoms with E-state index >= 15 is 0 Å². The largest absolute Gasteiger partial charge is 0.481 e. The second kappa shape index (κ2) is 4.45. The first-order valence-corrected chi connectivity index (χ1v) is 5.46. The number of aryl methyl sites for hydroxylation is 3. The number of imidazole rings is 1. The van der Waals surface area contributed by atoms with Gasteiger partial charge in [0.1, 0.15) is 5.82 Å². The molecule has 0 aromatic carbocycles. The first-order valence-electron chi connectivity index (χ1n) is 5.46. The fourth-order valence-corrected chi connectivity index (χ4v) is 1.79. The van der Waals surface area contributed by atoms with Gasteiger partial charge >= 0.3 is 5.97 Å². The van der Waals surface area contributed by atoms with Crippen molar-refractivity contribution >= 4 is 5.97 Å². The minimum atomic E-state index is -0.805. The molecule has 2 N–H and O–H groups in total. The van der Waals surface area contributed by atoms with Gasteiger partial charge in [-0.15, -0.1) is 0 Å². The minimum Gasteiger partial charge on any atom is -0.481 e. The standard InChI is InChI=1S/C12H15N3O2/c1-8-12(9-5-6-15(2)7-9)14-10(13-8)3-4-11(16)17/h5-7H,3-4H2,1-2H3,(H,13,14)(H,16,17). The monoisotopic (exact) mass is 233 g/mol. The Labute approximate surface area is 99.1 Å². The minimum absolute atomic E-state index is 0.0984. The first-order chi connectivity index (χ1) is 8.06. The van der Waals surface area contributed by atoms with Crippen LogP contribution in [0.25, 0.3) is 11.3 Å². The Hall–Kier alpha value is -2.04. The Kier molecular flexibility index (Phi) is 2.99. The van der Waals surface area contributed by atoms with Gasteiger partial charge in [-0.2, -0.15) is 0 Å². The lowest BCUT2D eigenvalue weighted by Gasteiger charge is -1.92. The molecule has 0 aliphatic carbocycles. The molecule has 0 bridgehead atoms. The van der Waals surface area contributed by atoms with Crippen LogP contribution in [0, 0.1) is 6.92 Å². The van der Waals surface area contributed by atoms with E-state index in [0.717, 1.165) is 22.8 Å². The molecular weight excluding hydrogens is 218 g/mol. The summed E-state index contributed by atoms with van der Waals surface area (Å²) in [5.41, 5.74) is 2.91. The molecule has 0 aliphatic heterocycles. The highest BCUT2D eigenvalue weighted by Gasteiger charge is 2.10. The maximum atomic E-state index is 10.5. The molecule has 0 radical (unpaired) electrons. The van der Waals surface area contributed by atoms with Gasteiger partial charge in [-0.05, 0) is 13.0 Å². The molecule has 0 fully saturated rings. The van der Waals surface area contributed by atoms with Gasteiger partial charge in [-0.25, -0.2) is 4.98 Å². The smallest absolute Gasteiger partial charge is 0.303 e. The summed E-state index contributed by atoms with van der Waals surface area (Å²) >= 11 is 0. The number of H-pyrrole nitrogens is 1. The molecule has 5 heteroatoms. The summed E-state index contributed by atoms with van der Waals surface area (Å²) in [4.78, 5) is 18.0. The number of rotatable bonds is 4. The Balaban J connectivity index is 2.21. The van der Waals surface area contributed by atoms with Gasteiger partial charge in [-0.3, -0.25) is 4.79 Å². The topological polar surface area (TPSA) is 70.9 Å². The molecule has 0 saturated heterocycles. The molecule has 5 nitrogen and oxygen atoms in total. The zero-order valence-corrected chi connectivity index (χ0v) is 9.90. The van der Waals surface area contributed by atoms with Crippen LogP contribution in [0.5, 0.6) is 0 Å². The predicted octanol–water partition coefficient (Wildman–Crippen LogP) is 1.74. The molecular formula is C12H15N3O2. The second-order valence-electron chi connectivity index (χ2n) is 4.12. The zero-order valence-electron chi connectivity index (χ0n) is 9.90. The maximum Gasteiger partial charge on any atom is 0.303 e. The van der Waals surface area contributed by atoms with Crippen molar-refractivity contribution in [3.05, 3.63) is 30.0 Å². The third-order valence-corrected chi connectivity index (χ3v) is 2.61. The van der Waals surface area contributed by atoms with E-state index < -0.39 is 5.97 Å². The highest BCUT2D eigenvalue weighted by molar-refractivity contribution is 5.67. The molecule has 2 heterocycles. The van der Waals surface area contributed by atoms with Gasteiger partial charge in [0.15, 0.2) is 0 Å². The highest BCUT2D eigenvalue weighted by atomic mass is 16.4. The van der Waals surface area contributed by atoms with E-state index in [1.165, 1.54) is 0 Å². The summed E-state index contributed by atoms with van der Waals surface area (Å²) in [6.45, 7) is 1.94. The van der Waals surface area contributed by atoms with E-state index in [-0.39, 0.29) is 6.42 Å². The van der Waals surface area contributed by atoms with Crippen LogP contribution < -0.4 is 0 Å². The first kappa shape index (κ1) is 11.4. The third kappa shape index (κ3) is 2.55. The number of hydrogen-bond acceptors (Lipinski definition) is 2. The van der Waals surface area contributed by atoms with E-state index in [9.17, 15) is 4.79 Å². The normalized spacial score (nSPS) is 10.7. The van der Waals surface area contributed by atoms with Gasteiger partial charge < -0.3 is 14.7 Å². The average Bonchev–Trinajstić information content (AvgIpc) is 2.82. The van der Waals surface area contributed by atoms with Crippen LogP contribution in [0.3, 0.4) is 0 Å². The number of nitrogens with zero attached hydrogens (tertiary/aromatic N) is 2.